The average molecular weight is 346 g/mol. The van der Waals surface area contributed by atoms with E-state index in [2.05, 4.69) is 36.5 Å². The normalized spacial score (nSPS) is 17.8. The molecule has 118 valence electrons. The summed E-state index contributed by atoms with van der Waals surface area (Å²) in [5, 5.41) is 4.41. The molecule has 0 unspecified atom stereocenters. The van der Waals surface area contributed by atoms with E-state index in [0.29, 0.717) is 16.5 Å². The van der Waals surface area contributed by atoms with E-state index in [1.54, 1.807) is 24.3 Å². The number of carbonyl (C=O) groups is 1. The minimum absolute atomic E-state index is 0.137. The fourth-order valence-electron chi connectivity index (χ4n) is 2.87. The molecule has 1 aliphatic carbocycles. The van der Waals surface area contributed by atoms with Crippen LogP contribution in [0, 0.1) is 6.92 Å². The lowest BCUT2D eigenvalue weighted by atomic mass is 9.85. The second-order valence-electron chi connectivity index (χ2n) is 5.93. The molecule has 2 nitrogen and oxygen atoms in total. The van der Waals surface area contributed by atoms with E-state index >= 15 is 0 Å². The van der Waals surface area contributed by atoms with Gasteiger partial charge in [-0.05, 0) is 43.0 Å². The molecular formula is C19H17Cl2NO. The van der Waals surface area contributed by atoms with Crippen molar-refractivity contribution in [2.75, 3.05) is 5.32 Å². The molecule has 2 aromatic rings. The van der Waals surface area contributed by atoms with Gasteiger partial charge in [-0.3, -0.25) is 4.79 Å². The highest BCUT2D eigenvalue weighted by Gasteiger charge is 2.22. The first-order valence-corrected chi connectivity index (χ1v) is 8.28. The average Bonchev–Trinajstić information content (AvgIpc) is 2.46. The Labute approximate surface area is 146 Å². The van der Waals surface area contributed by atoms with Crippen molar-refractivity contribution in [2.24, 2.45) is 0 Å². The minimum Gasteiger partial charge on any atom is -0.359 e. The zero-order chi connectivity index (χ0) is 16.4. The van der Waals surface area contributed by atoms with Crippen LogP contribution in [0.4, 0.5) is 5.69 Å². The van der Waals surface area contributed by atoms with Gasteiger partial charge in [-0.15, -0.1) is 0 Å². The Morgan fingerprint density at radius 2 is 1.65 bits per heavy atom. The van der Waals surface area contributed by atoms with Gasteiger partial charge in [0.25, 0.3) is 0 Å². The summed E-state index contributed by atoms with van der Waals surface area (Å²) in [6.07, 6.45) is 3.02. The zero-order valence-electron chi connectivity index (χ0n) is 12.8. The predicted molar refractivity (Wildman–Crippen MR) is 96.3 cm³/mol. The van der Waals surface area contributed by atoms with Crippen LogP contribution in [0.3, 0.4) is 0 Å². The number of hydrogen-bond acceptors (Lipinski definition) is 2. The van der Waals surface area contributed by atoms with Gasteiger partial charge >= 0.3 is 0 Å². The van der Waals surface area contributed by atoms with E-state index in [1.165, 1.54) is 11.1 Å². The number of hydrogen-bond donors (Lipinski definition) is 1. The number of carbonyl (C=O) groups excluding carboxylic acids is 1. The molecule has 1 N–H and O–H groups in total. The van der Waals surface area contributed by atoms with Gasteiger partial charge in [0, 0.05) is 33.9 Å². The van der Waals surface area contributed by atoms with E-state index in [0.717, 1.165) is 17.8 Å². The van der Waals surface area contributed by atoms with Crippen molar-refractivity contribution < 1.29 is 4.79 Å². The lowest BCUT2D eigenvalue weighted by molar-refractivity contribution is -0.115. The molecule has 23 heavy (non-hydrogen) atoms. The van der Waals surface area contributed by atoms with Gasteiger partial charge in [0.05, 0.1) is 0 Å². The van der Waals surface area contributed by atoms with E-state index in [1.807, 2.05) is 0 Å². The van der Waals surface area contributed by atoms with Crippen LogP contribution in [0.25, 0.3) is 0 Å². The number of allylic oxidation sites excluding steroid dienone is 2. The predicted octanol–water partition coefficient (Wildman–Crippen LogP) is 5.74. The highest BCUT2D eigenvalue weighted by molar-refractivity contribution is 6.35. The summed E-state index contributed by atoms with van der Waals surface area (Å²) in [6, 6.07) is 13.7. The van der Waals surface area contributed by atoms with E-state index in [4.69, 9.17) is 23.2 Å². The number of anilines is 1. The zero-order valence-corrected chi connectivity index (χ0v) is 14.3. The van der Waals surface area contributed by atoms with Gasteiger partial charge in [0.1, 0.15) is 0 Å². The molecule has 0 bridgehead atoms. The number of ketones is 1. The van der Waals surface area contributed by atoms with Gasteiger partial charge in [-0.25, -0.2) is 0 Å². The Morgan fingerprint density at radius 1 is 1.00 bits per heavy atom. The van der Waals surface area contributed by atoms with Gasteiger partial charge in [-0.1, -0.05) is 53.0 Å². The third-order valence-corrected chi connectivity index (χ3v) is 4.40. The van der Waals surface area contributed by atoms with Crippen molar-refractivity contribution in [3.8, 4) is 0 Å². The molecule has 0 radical (unpaired) electrons. The smallest absolute Gasteiger partial charge is 0.158 e. The maximum atomic E-state index is 12.1. The number of halogens is 2. The van der Waals surface area contributed by atoms with Crippen molar-refractivity contribution in [3.63, 3.8) is 0 Å². The second kappa shape index (κ2) is 6.77. The van der Waals surface area contributed by atoms with Gasteiger partial charge in [0.2, 0.25) is 0 Å². The molecule has 4 heteroatoms. The maximum Gasteiger partial charge on any atom is 0.158 e. The van der Waals surface area contributed by atoms with Crippen LogP contribution < -0.4 is 5.32 Å². The summed E-state index contributed by atoms with van der Waals surface area (Å²) in [5.41, 5.74) is 4.11. The molecule has 2 aromatic carbocycles. The summed E-state index contributed by atoms with van der Waals surface area (Å²) in [5.74, 6) is 0.336. The molecule has 0 saturated carbocycles. The van der Waals surface area contributed by atoms with Crippen LogP contribution in [0.1, 0.15) is 29.9 Å². The Balaban J connectivity index is 1.79. The Kier molecular flexibility index (Phi) is 4.74. The van der Waals surface area contributed by atoms with Crippen LogP contribution in [-0.4, -0.2) is 5.78 Å². The fraction of sp³-hybridized carbons (Fsp3) is 0.211. The molecule has 0 aliphatic heterocycles. The van der Waals surface area contributed by atoms with Gasteiger partial charge in [0.15, 0.2) is 5.78 Å². The van der Waals surface area contributed by atoms with Crippen LogP contribution >= 0.6 is 23.2 Å². The van der Waals surface area contributed by atoms with Gasteiger partial charge < -0.3 is 5.32 Å². The molecule has 1 atom stereocenters. The molecule has 3 rings (SSSR count). The quantitative estimate of drug-likeness (QED) is 0.767. The second-order valence-corrected chi connectivity index (χ2v) is 6.81. The van der Waals surface area contributed by atoms with Crippen molar-refractivity contribution in [3.05, 3.63) is 75.4 Å². The third kappa shape index (κ3) is 4.15. The Morgan fingerprint density at radius 3 is 2.30 bits per heavy atom. The van der Waals surface area contributed by atoms with Crippen molar-refractivity contribution in [1.82, 2.24) is 0 Å². The van der Waals surface area contributed by atoms with Crippen molar-refractivity contribution >= 4 is 34.7 Å². The summed E-state index contributed by atoms with van der Waals surface area (Å²) in [4.78, 5) is 12.1. The maximum absolute atomic E-state index is 12.1. The molecule has 0 saturated heterocycles. The fourth-order valence-corrected chi connectivity index (χ4v) is 3.39. The molecular weight excluding hydrogens is 329 g/mol. The van der Waals surface area contributed by atoms with E-state index in [-0.39, 0.29) is 11.7 Å². The van der Waals surface area contributed by atoms with Crippen LogP contribution in [-0.2, 0) is 4.79 Å². The van der Waals surface area contributed by atoms with Crippen LogP contribution in [0.15, 0.2) is 54.2 Å². The first kappa shape index (κ1) is 16.1. The Hall–Kier alpha value is -1.77. The monoisotopic (exact) mass is 345 g/mol. The molecule has 1 aliphatic rings. The minimum atomic E-state index is 0.137. The third-order valence-electron chi connectivity index (χ3n) is 3.97. The number of nitrogens with one attached hydrogen (secondary N) is 1. The summed E-state index contributed by atoms with van der Waals surface area (Å²) < 4.78 is 0. The lowest BCUT2D eigenvalue weighted by Crippen LogP contribution is -2.16. The van der Waals surface area contributed by atoms with E-state index < -0.39 is 0 Å². The first-order chi connectivity index (χ1) is 11.0. The number of benzene rings is 2. The Bertz CT molecular complexity index is 745. The van der Waals surface area contributed by atoms with Crippen LogP contribution in [0.5, 0.6) is 0 Å². The summed E-state index contributed by atoms with van der Waals surface area (Å²) in [6.45, 7) is 2.06. The molecule has 0 aromatic heterocycles. The lowest BCUT2D eigenvalue weighted by Gasteiger charge is -2.23. The molecule has 0 heterocycles. The van der Waals surface area contributed by atoms with Crippen LogP contribution in [0.2, 0.25) is 10.0 Å². The standard InChI is InChI=1S/C19H17Cl2NO/c1-12-2-4-13(5-3-12)14-6-17(11-19(23)7-14)22-18-9-15(20)8-16(21)10-18/h2-5,8-11,14,22H,6-7H2,1H3/t14-/m0/s1. The highest BCUT2D eigenvalue weighted by Crippen LogP contribution is 2.33. The van der Waals surface area contributed by atoms with Crippen molar-refractivity contribution in [2.45, 2.75) is 25.7 Å². The molecule has 0 amide bonds. The highest BCUT2D eigenvalue weighted by atomic mass is 35.5. The summed E-state index contributed by atoms with van der Waals surface area (Å²) >= 11 is 12.1. The molecule has 0 spiro atoms. The van der Waals surface area contributed by atoms with E-state index in [9.17, 15) is 4.79 Å². The van der Waals surface area contributed by atoms with Crippen molar-refractivity contribution in [1.29, 1.82) is 0 Å². The van der Waals surface area contributed by atoms with Gasteiger partial charge in [-0.2, -0.15) is 0 Å². The first-order valence-electron chi connectivity index (χ1n) is 7.53. The molecule has 0 fully saturated rings. The largest absolute Gasteiger partial charge is 0.359 e. The topological polar surface area (TPSA) is 29.1 Å². The SMILES string of the molecule is Cc1ccc([C@@H]2CC(=O)C=C(Nc3cc(Cl)cc(Cl)c3)C2)cc1. The number of rotatable bonds is 3. The number of aryl methyl sites for hydroxylation is 1. The summed E-state index contributed by atoms with van der Waals surface area (Å²) in [7, 11) is 0.